The van der Waals surface area contributed by atoms with E-state index >= 15 is 0 Å². The molecule has 9 heavy (non-hydrogen) atoms. The van der Waals surface area contributed by atoms with E-state index in [2.05, 4.69) is 29.5 Å². The van der Waals surface area contributed by atoms with Gasteiger partial charge in [-0.3, -0.25) is 0 Å². The maximum absolute atomic E-state index is 2.51. The van der Waals surface area contributed by atoms with Gasteiger partial charge in [-0.25, -0.2) is 0 Å². The van der Waals surface area contributed by atoms with E-state index in [0.717, 1.165) is 11.8 Å². The molecule has 0 aliphatic heterocycles. The Hall–Kier alpha value is 0.730. The first-order valence-corrected chi connectivity index (χ1v) is 5.41. The fraction of sp³-hybridized carbons (Fsp3) is 1.00. The fourth-order valence-corrected chi connectivity index (χ4v) is 2.36. The molecule has 0 N–H and O–H groups in total. The smallest absolute Gasteiger partial charge is 0.00237 e. The van der Waals surface area contributed by atoms with E-state index in [1.165, 1.54) is 30.1 Å². The minimum Gasteiger partial charge on any atom is -0.0861 e. The summed E-state index contributed by atoms with van der Waals surface area (Å²) in [5.74, 6) is 2.07. The largest absolute Gasteiger partial charge is 0.0861 e. The molecule has 1 saturated carbocycles. The molecule has 0 aromatic carbocycles. The van der Waals surface area contributed by atoms with Gasteiger partial charge in [-0.1, -0.05) is 42.4 Å². The van der Waals surface area contributed by atoms with Crippen molar-refractivity contribution in [2.24, 2.45) is 11.8 Å². The molecule has 1 aliphatic carbocycles. The molecule has 1 heteroatoms. The van der Waals surface area contributed by atoms with Crippen LogP contribution in [0.2, 0.25) is 0 Å². The molecule has 0 atom stereocenters. The van der Waals surface area contributed by atoms with Gasteiger partial charge in [0.15, 0.2) is 0 Å². The number of halogens is 1. The van der Waals surface area contributed by atoms with Gasteiger partial charge in [0.25, 0.3) is 0 Å². The monoisotopic (exact) mass is 238 g/mol. The molecule has 1 fully saturated rings. The Labute approximate surface area is 71.5 Å². The molecule has 0 amide bonds. The Morgan fingerprint density at radius 1 is 1.22 bits per heavy atom. The lowest BCUT2D eigenvalue weighted by molar-refractivity contribution is 0.314. The molecule has 0 unspecified atom stereocenters. The summed E-state index contributed by atoms with van der Waals surface area (Å²) >= 11 is 2.51. The van der Waals surface area contributed by atoms with Crippen molar-refractivity contribution in [1.82, 2.24) is 0 Å². The molecule has 0 aromatic rings. The van der Waals surface area contributed by atoms with Crippen LogP contribution >= 0.6 is 22.6 Å². The van der Waals surface area contributed by atoms with Crippen molar-refractivity contribution in [3.63, 3.8) is 0 Å². The van der Waals surface area contributed by atoms with Crippen molar-refractivity contribution in [3.8, 4) is 0 Å². The van der Waals surface area contributed by atoms with Crippen LogP contribution in [0, 0.1) is 11.8 Å². The molecule has 54 valence electrons. The van der Waals surface area contributed by atoms with Crippen LogP contribution in [0.1, 0.15) is 32.6 Å². The van der Waals surface area contributed by atoms with E-state index < -0.39 is 0 Å². The standard InChI is InChI=1S/C8H15I/c1-7-2-4-8(6-9)5-3-7/h7-8H,2-6H2,1H3/t7-,8-. The second-order valence-electron chi connectivity index (χ2n) is 3.28. The van der Waals surface area contributed by atoms with E-state index in [1.54, 1.807) is 0 Å². The Morgan fingerprint density at radius 2 is 1.78 bits per heavy atom. The first-order valence-electron chi connectivity index (χ1n) is 3.89. The maximum Gasteiger partial charge on any atom is 0.00237 e. The van der Waals surface area contributed by atoms with Gasteiger partial charge in [0.2, 0.25) is 0 Å². The van der Waals surface area contributed by atoms with Gasteiger partial charge >= 0.3 is 0 Å². The zero-order valence-corrected chi connectivity index (χ0v) is 8.23. The van der Waals surface area contributed by atoms with Gasteiger partial charge < -0.3 is 0 Å². The lowest BCUT2D eigenvalue weighted by Crippen LogP contribution is -2.12. The van der Waals surface area contributed by atoms with Crippen LogP contribution in [0.4, 0.5) is 0 Å². The molecule has 0 spiro atoms. The summed E-state index contributed by atoms with van der Waals surface area (Å²) in [6.07, 6.45) is 5.94. The number of alkyl halides is 1. The molecule has 0 nitrogen and oxygen atoms in total. The Morgan fingerprint density at radius 3 is 2.22 bits per heavy atom. The van der Waals surface area contributed by atoms with Crippen molar-refractivity contribution in [1.29, 1.82) is 0 Å². The third-order valence-corrected chi connectivity index (χ3v) is 3.60. The van der Waals surface area contributed by atoms with Gasteiger partial charge in [-0.2, -0.15) is 0 Å². The molecule has 0 radical (unpaired) electrons. The highest BCUT2D eigenvalue weighted by molar-refractivity contribution is 14.1. The second kappa shape index (κ2) is 3.79. The molecular weight excluding hydrogens is 223 g/mol. The zero-order chi connectivity index (χ0) is 6.69. The van der Waals surface area contributed by atoms with E-state index in [4.69, 9.17) is 0 Å². The van der Waals surface area contributed by atoms with Gasteiger partial charge in [0, 0.05) is 4.43 Å². The van der Waals surface area contributed by atoms with Crippen LogP contribution in [0.15, 0.2) is 0 Å². The third-order valence-electron chi connectivity index (χ3n) is 2.35. The summed E-state index contributed by atoms with van der Waals surface area (Å²) in [4.78, 5) is 0. The number of rotatable bonds is 1. The van der Waals surface area contributed by atoms with Crippen LogP contribution in [0.25, 0.3) is 0 Å². The Balaban J connectivity index is 2.18. The van der Waals surface area contributed by atoms with Gasteiger partial charge in [-0.15, -0.1) is 0 Å². The van der Waals surface area contributed by atoms with Crippen molar-refractivity contribution < 1.29 is 0 Å². The first kappa shape index (κ1) is 7.83. The SMILES string of the molecule is C[C@H]1CC[C@H](CI)CC1. The summed E-state index contributed by atoms with van der Waals surface area (Å²) in [5, 5.41) is 0. The predicted octanol–water partition coefficient (Wildman–Crippen LogP) is 3.25. The molecule has 0 heterocycles. The summed E-state index contributed by atoms with van der Waals surface area (Å²) in [6.45, 7) is 2.38. The minimum absolute atomic E-state index is 1.02. The summed E-state index contributed by atoms with van der Waals surface area (Å²) in [7, 11) is 0. The second-order valence-corrected chi connectivity index (χ2v) is 4.16. The summed E-state index contributed by atoms with van der Waals surface area (Å²) < 4.78 is 1.38. The number of hydrogen-bond donors (Lipinski definition) is 0. The Kier molecular flexibility index (Phi) is 3.30. The van der Waals surface area contributed by atoms with Crippen LogP contribution < -0.4 is 0 Å². The highest BCUT2D eigenvalue weighted by Gasteiger charge is 2.16. The summed E-state index contributed by atoms with van der Waals surface area (Å²) in [5.41, 5.74) is 0. The van der Waals surface area contributed by atoms with E-state index in [1.807, 2.05) is 0 Å². The van der Waals surface area contributed by atoms with Crippen LogP contribution in [0.3, 0.4) is 0 Å². The average Bonchev–Trinajstić information content (AvgIpc) is 1.90. The van der Waals surface area contributed by atoms with Gasteiger partial charge in [0.05, 0.1) is 0 Å². The first-order chi connectivity index (χ1) is 4.33. The lowest BCUT2D eigenvalue weighted by Gasteiger charge is -2.24. The van der Waals surface area contributed by atoms with Crippen LogP contribution in [-0.4, -0.2) is 4.43 Å². The van der Waals surface area contributed by atoms with E-state index in [-0.39, 0.29) is 0 Å². The number of hydrogen-bond acceptors (Lipinski definition) is 0. The highest BCUT2D eigenvalue weighted by Crippen LogP contribution is 2.29. The van der Waals surface area contributed by atoms with Gasteiger partial charge in [0.1, 0.15) is 0 Å². The molecule has 1 rings (SSSR count). The zero-order valence-electron chi connectivity index (χ0n) is 6.07. The average molecular weight is 238 g/mol. The lowest BCUT2D eigenvalue weighted by atomic mass is 9.84. The third kappa shape index (κ3) is 2.44. The summed E-state index contributed by atoms with van der Waals surface area (Å²) in [6, 6.07) is 0. The van der Waals surface area contributed by atoms with Crippen molar-refractivity contribution in [2.75, 3.05) is 4.43 Å². The quantitative estimate of drug-likeness (QED) is 0.486. The minimum atomic E-state index is 1.02. The van der Waals surface area contributed by atoms with Crippen LogP contribution in [-0.2, 0) is 0 Å². The fourth-order valence-electron chi connectivity index (χ4n) is 1.48. The van der Waals surface area contributed by atoms with Crippen molar-refractivity contribution in [2.45, 2.75) is 32.6 Å². The van der Waals surface area contributed by atoms with Gasteiger partial charge in [-0.05, 0) is 24.7 Å². The molecule has 0 saturated heterocycles. The maximum atomic E-state index is 2.51. The van der Waals surface area contributed by atoms with Crippen molar-refractivity contribution in [3.05, 3.63) is 0 Å². The molecule has 0 aromatic heterocycles. The van der Waals surface area contributed by atoms with Crippen molar-refractivity contribution >= 4 is 22.6 Å². The molecular formula is C8H15I. The van der Waals surface area contributed by atoms with E-state index in [0.29, 0.717) is 0 Å². The highest BCUT2D eigenvalue weighted by atomic mass is 127. The molecule has 0 bridgehead atoms. The van der Waals surface area contributed by atoms with Crippen LogP contribution in [0.5, 0.6) is 0 Å². The normalized spacial score (nSPS) is 36.7. The predicted molar refractivity (Wildman–Crippen MR) is 50.0 cm³/mol. The topological polar surface area (TPSA) is 0 Å². The Bertz CT molecular complexity index is 72.6. The van der Waals surface area contributed by atoms with E-state index in [9.17, 15) is 0 Å². The molecule has 1 aliphatic rings.